The highest BCUT2D eigenvalue weighted by Crippen LogP contribution is 2.67. The van der Waals surface area contributed by atoms with Gasteiger partial charge in [0, 0.05) is 12.8 Å². The van der Waals surface area contributed by atoms with E-state index in [0.717, 1.165) is 49.4 Å². The number of hydrogen-bond acceptors (Lipinski definition) is 2. The lowest BCUT2D eigenvalue weighted by molar-refractivity contribution is -0.121. The van der Waals surface area contributed by atoms with Gasteiger partial charge in [0.25, 0.3) is 0 Å². The molecule has 4 aliphatic rings. The SMILES string of the molecule is CC(C)CC(=O)C[C@@H](C)[C@H]1CC[C@H]2[C@@H]3CC=C4C[C@H](O)CC[C@]4(C)[C@H]3CC[C@]12C. The largest absolute Gasteiger partial charge is 0.393 e. The van der Waals surface area contributed by atoms with Gasteiger partial charge in [-0.1, -0.05) is 46.3 Å². The maximum atomic E-state index is 12.5. The molecule has 0 heterocycles. The summed E-state index contributed by atoms with van der Waals surface area (Å²) in [5, 5.41) is 10.2. The summed E-state index contributed by atoms with van der Waals surface area (Å²) in [4.78, 5) is 12.5. The monoisotopic (exact) mass is 400 g/mol. The van der Waals surface area contributed by atoms with Crippen molar-refractivity contribution < 1.29 is 9.90 Å². The number of carbonyl (C=O) groups is 1. The van der Waals surface area contributed by atoms with Crippen LogP contribution in [-0.4, -0.2) is 17.0 Å². The number of ketones is 1. The van der Waals surface area contributed by atoms with E-state index in [1.807, 2.05) is 0 Å². The molecule has 0 bridgehead atoms. The summed E-state index contributed by atoms with van der Waals surface area (Å²) in [5.74, 6) is 4.67. The fraction of sp³-hybridized carbons (Fsp3) is 0.889. The third-order valence-corrected chi connectivity index (χ3v) is 10.0. The Morgan fingerprint density at radius 1 is 1.07 bits per heavy atom. The van der Waals surface area contributed by atoms with Crippen LogP contribution in [0.15, 0.2) is 11.6 Å². The molecule has 3 saturated carbocycles. The van der Waals surface area contributed by atoms with Crippen LogP contribution in [-0.2, 0) is 4.79 Å². The molecule has 29 heavy (non-hydrogen) atoms. The lowest BCUT2D eigenvalue weighted by Gasteiger charge is -2.58. The molecule has 0 spiro atoms. The summed E-state index contributed by atoms with van der Waals surface area (Å²) >= 11 is 0. The maximum absolute atomic E-state index is 12.5. The Kier molecular flexibility index (Phi) is 5.82. The van der Waals surface area contributed by atoms with Crippen molar-refractivity contribution in [2.75, 3.05) is 0 Å². The Hall–Kier alpha value is -0.630. The van der Waals surface area contributed by atoms with Crippen molar-refractivity contribution in [3.63, 3.8) is 0 Å². The average Bonchev–Trinajstić information content (AvgIpc) is 2.99. The van der Waals surface area contributed by atoms with E-state index >= 15 is 0 Å². The van der Waals surface area contributed by atoms with Gasteiger partial charge in [-0.15, -0.1) is 0 Å². The molecule has 0 aromatic heterocycles. The molecule has 3 fully saturated rings. The first-order valence-corrected chi connectivity index (χ1v) is 12.5. The second kappa shape index (κ2) is 7.81. The van der Waals surface area contributed by atoms with Crippen molar-refractivity contribution in [2.45, 2.75) is 105 Å². The summed E-state index contributed by atoms with van der Waals surface area (Å²) in [6, 6.07) is 0. The molecular weight excluding hydrogens is 356 g/mol. The molecule has 0 saturated heterocycles. The van der Waals surface area contributed by atoms with Crippen LogP contribution in [0.2, 0.25) is 0 Å². The van der Waals surface area contributed by atoms with Crippen molar-refractivity contribution in [1.82, 2.24) is 0 Å². The van der Waals surface area contributed by atoms with Gasteiger partial charge >= 0.3 is 0 Å². The summed E-state index contributed by atoms with van der Waals surface area (Å²) in [6.07, 6.45) is 13.7. The fourth-order valence-electron chi connectivity index (χ4n) is 8.66. The first-order valence-electron chi connectivity index (χ1n) is 12.5. The van der Waals surface area contributed by atoms with Gasteiger partial charge in [0.05, 0.1) is 6.10 Å². The van der Waals surface area contributed by atoms with Gasteiger partial charge in [0.2, 0.25) is 0 Å². The van der Waals surface area contributed by atoms with Gasteiger partial charge in [-0.05, 0) is 97.7 Å². The fourth-order valence-corrected chi connectivity index (χ4v) is 8.66. The van der Waals surface area contributed by atoms with Crippen LogP contribution in [0.1, 0.15) is 98.8 Å². The van der Waals surface area contributed by atoms with Crippen LogP contribution in [0, 0.1) is 46.3 Å². The summed E-state index contributed by atoms with van der Waals surface area (Å²) in [5.41, 5.74) is 2.33. The van der Waals surface area contributed by atoms with Gasteiger partial charge < -0.3 is 5.11 Å². The Labute approximate surface area is 178 Å². The average molecular weight is 401 g/mol. The van der Waals surface area contributed by atoms with Crippen molar-refractivity contribution in [3.05, 3.63) is 11.6 Å². The minimum atomic E-state index is -0.111. The molecule has 2 nitrogen and oxygen atoms in total. The zero-order valence-electron chi connectivity index (χ0n) is 19.5. The zero-order valence-corrected chi connectivity index (χ0v) is 19.5. The second-order valence-electron chi connectivity index (χ2n) is 12.2. The number of Topliss-reactive ketones (excluding diaryl/α,β-unsaturated/α-hetero) is 1. The van der Waals surface area contributed by atoms with Gasteiger partial charge in [-0.3, -0.25) is 4.79 Å². The van der Waals surface area contributed by atoms with E-state index in [1.165, 1.54) is 38.5 Å². The van der Waals surface area contributed by atoms with E-state index in [2.05, 4.69) is 40.7 Å². The second-order valence-corrected chi connectivity index (χ2v) is 12.2. The first kappa shape index (κ1) is 21.6. The minimum absolute atomic E-state index is 0.111. The molecule has 0 radical (unpaired) electrons. The lowest BCUT2D eigenvalue weighted by Crippen LogP contribution is -2.50. The van der Waals surface area contributed by atoms with E-state index < -0.39 is 0 Å². The molecule has 0 aliphatic heterocycles. The molecule has 8 atom stereocenters. The minimum Gasteiger partial charge on any atom is -0.393 e. The van der Waals surface area contributed by atoms with E-state index in [1.54, 1.807) is 5.57 Å². The number of allylic oxidation sites excluding steroid dienone is 1. The predicted molar refractivity (Wildman–Crippen MR) is 119 cm³/mol. The quantitative estimate of drug-likeness (QED) is 0.530. The molecule has 1 N–H and O–H groups in total. The number of rotatable bonds is 5. The smallest absolute Gasteiger partial charge is 0.133 e. The standard InChI is InChI=1S/C27H44O2/c1-17(2)14-21(29)15-18(3)23-8-9-24-22-7-6-19-16-20(28)10-12-26(19,4)25(22)11-13-27(23,24)5/h6,17-18,20,22-25,28H,7-16H2,1-5H3/t18-,20-,22+,23-,24+,25+,26+,27-/m1/s1. The third-order valence-electron chi connectivity index (χ3n) is 10.0. The molecule has 4 aliphatic carbocycles. The van der Waals surface area contributed by atoms with Gasteiger partial charge in [0.1, 0.15) is 5.78 Å². The molecular formula is C27H44O2. The number of fused-ring (bicyclic) bond motifs is 5. The maximum Gasteiger partial charge on any atom is 0.133 e. The van der Waals surface area contributed by atoms with E-state index in [9.17, 15) is 9.90 Å². The lowest BCUT2D eigenvalue weighted by atomic mass is 9.47. The Morgan fingerprint density at radius 3 is 2.55 bits per heavy atom. The van der Waals surface area contributed by atoms with Gasteiger partial charge in [0.15, 0.2) is 0 Å². The summed E-state index contributed by atoms with van der Waals surface area (Å²) in [6.45, 7) is 11.8. The Balaban J connectivity index is 1.51. The summed E-state index contributed by atoms with van der Waals surface area (Å²) < 4.78 is 0. The first-order chi connectivity index (χ1) is 13.6. The van der Waals surface area contributed by atoms with E-state index in [0.29, 0.717) is 28.4 Å². The number of aliphatic hydroxyl groups is 1. The topological polar surface area (TPSA) is 37.3 Å². The van der Waals surface area contributed by atoms with Crippen molar-refractivity contribution >= 4 is 5.78 Å². The highest BCUT2D eigenvalue weighted by Gasteiger charge is 2.59. The molecule has 164 valence electrons. The highest BCUT2D eigenvalue weighted by atomic mass is 16.3. The van der Waals surface area contributed by atoms with Crippen molar-refractivity contribution in [2.24, 2.45) is 46.3 Å². The Morgan fingerprint density at radius 2 is 1.83 bits per heavy atom. The van der Waals surface area contributed by atoms with Gasteiger partial charge in [-0.2, -0.15) is 0 Å². The third kappa shape index (κ3) is 3.66. The zero-order chi connectivity index (χ0) is 21.0. The van der Waals surface area contributed by atoms with Crippen LogP contribution in [0.25, 0.3) is 0 Å². The Bertz CT molecular complexity index is 663. The van der Waals surface area contributed by atoms with E-state index in [4.69, 9.17) is 0 Å². The normalized spacial score (nSPS) is 45.2. The molecule has 0 unspecified atom stereocenters. The molecule has 4 rings (SSSR count). The molecule has 0 aromatic carbocycles. The highest BCUT2D eigenvalue weighted by molar-refractivity contribution is 5.78. The van der Waals surface area contributed by atoms with Crippen LogP contribution >= 0.6 is 0 Å². The van der Waals surface area contributed by atoms with Crippen molar-refractivity contribution in [3.8, 4) is 0 Å². The number of aliphatic hydroxyl groups excluding tert-OH is 1. The van der Waals surface area contributed by atoms with Crippen LogP contribution in [0.3, 0.4) is 0 Å². The summed E-state index contributed by atoms with van der Waals surface area (Å²) in [7, 11) is 0. The van der Waals surface area contributed by atoms with Crippen LogP contribution in [0.4, 0.5) is 0 Å². The van der Waals surface area contributed by atoms with E-state index in [-0.39, 0.29) is 6.10 Å². The van der Waals surface area contributed by atoms with Crippen LogP contribution in [0.5, 0.6) is 0 Å². The number of carbonyl (C=O) groups excluding carboxylic acids is 1. The van der Waals surface area contributed by atoms with Gasteiger partial charge in [-0.25, -0.2) is 0 Å². The molecule has 2 heteroatoms. The predicted octanol–water partition coefficient (Wildman–Crippen LogP) is 6.57. The molecule has 0 aromatic rings. The van der Waals surface area contributed by atoms with Crippen molar-refractivity contribution in [1.29, 1.82) is 0 Å². The van der Waals surface area contributed by atoms with Crippen LogP contribution < -0.4 is 0 Å². The number of hydrogen-bond donors (Lipinski definition) is 1. The molecule has 0 amide bonds.